The Morgan fingerprint density at radius 1 is 0.933 bits per heavy atom. The number of benzene rings is 3. The number of ketones is 1. The Kier molecular flexibility index (Phi) is 5.99. The number of carbonyl (C=O) groups excluding carboxylic acids is 2. The Bertz CT molecular complexity index is 1070. The molecule has 4 rings (SSSR count). The third kappa shape index (κ3) is 4.63. The SMILES string of the molecule is O=C(COc1ccccc1)Nc1cc2c(cc1C(=O)c1ccc(Br)cc1)OCCO2. The van der Waals surface area contributed by atoms with Crippen LogP contribution in [0.5, 0.6) is 17.2 Å². The van der Waals surface area contributed by atoms with Crippen LogP contribution in [0.3, 0.4) is 0 Å². The van der Waals surface area contributed by atoms with Crippen LogP contribution in [0.25, 0.3) is 0 Å². The van der Waals surface area contributed by atoms with Crippen LogP contribution in [0, 0.1) is 0 Å². The van der Waals surface area contributed by atoms with E-state index in [9.17, 15) is 9.59 Å². The van der Waals surface area contributed by atoms with E-state index in [2.05, 4.69) is 21.2 Å². The van der Waals surface area contributed by atoms with E-state index >= 15 is 0 Å². The largest absolute Gasteiger partial charge is 0.486 e. The second kappa shape index (κ2) is 9.00. The van der Waals surface area contributed by atoms with Crippen LogP contribution in [0.1, 0.15) is 15.9 Å². The van der Waals surface area contributed by atoms with E-state index in [-0.39, 0.29) is 18.3 Å². The van der Waals surface area contributed by atoms with Crippen molar-refractivity contribution in [1.29, 1.82) is 0 Å². The molecule has 0 aliphatic carbocycles. The number of hydrogen-bond donors (Lipinski definition) is 1. The quantitative estimate of drug-likeness (QED) is 0.541. The van der Waals surface area contributed by atoms with E-state index in [0.29, 0.717) is 47.3 Å². The molecule has 1 aliphatic heterocycles. The molecule has 0 unspecified atom stereocenters. The highest BCUT2D eigenvalue weighted by Crippen LogP contribution is 2.36. The van der Waals surface area contributed by atoms with Gasteiger partial charge in [-0.05, 0) is 42.5 Å². The zero-order chi connectivity index (χ0) is 20.9. The smallest absolute Gasteiger partial charge is 0.262 e. The molecule has 6 nitrogen and oxygen atoms in total. The molecule has 1 aliphatic rings. The molecule has 0 aromatic heterocycles. The molecule has 152 valence electrons. The summed E-state index contributed by atoms with van der Waals surface area (Å²) in [6, 6.07) is 19.3. The fourth-order valence-electron chi connectivity index (χ4n) is 2.99. The molecule has 0 atom stereocenters. The Balaban J connectivity index is 1.59. The molecule has 3 aromatic rings. The van der Waals surface area contributed by atoms with E-state index in [1.807, 2.05) is 18.2 Å². The Labute approximate surface area is 181 Å². The molecule has 7 heteroatoms. The molecular weight excluding hydrogens is 450 g/mol. The van der Waals surface area contributed by atoms with Crippen molar-refractivity contribution in [3.05, 3.63) is 82.3 Å². The van der Waals surface area contributed by atoms with E-state index < -0.39 is 0 Å². The molecule has 0 radical (unpaired) electrons. The molecule has 1 amide bonds. The number of amides is 1. The van der Waals surface area contributed by atoms with Gasteiger partial charge >= 0.3 is 0 Å². The van der Waals surface area contributed by atoms with Gasteiger partial charge in [-0.2, -0.15) is 0 Å². The van der Waals surface area contributed by atoms with E-state index in [4.69, 9.17) is 14.2 Å². The second-order valence-electron chi connectivity index (χ2n) is 6.53. The number of carbonyl (C=O) groups is 2. The van der Waals surface area contributed by atoms with Crippen molar-refractivity contribution in [3.8, 4) is 17.2 Å². The molecule has 30 heavy (non-hydrogen) atoms. The van der Waals surface area contributed by atoms with Crippen molar-refractivity contribution in [3.63, 3.8) is 0 Å². The average Bonchev–Trinajstić information content (AvgIpc) is 2.78. The third-order valence-corrected chi connectivity index (χ3v) is 4.95. The van der Waals surface area contributed by atoms with Crippen molar-refractivity contribution < 1.29 is 23.8 Å². The molecule has 0 spiro atoms. The van der Waals surface area contributed by atoms with Crippen molar-refractivity contribution in [2.24, 2.45) is 0 Å². The van der Waals surface area contributed by atoms with Crippen LogP contribution in [0.2, 0.25) is 0 Å². The van der Waals surface area contributed by atoms with Crippen LogP contribution < -0.4 is 19.5 Å². The second-order valence-corrected chi connectivity index (χ2v) is 7.44. The number of nitrogens with one attached hydrogen (secondary N) is 1. The predicted molar refractivity (Wildman–Crippen MR) is 116 cm³/mol. The fraction of sp³-hybridized carbons (Fsp3) is 0.130. The average molecular weight is 468 g/mol. The number of para-hydroxylation sites is 1. The molecule has 3 aromatic carbocycles. The summed E-state index contributed by atoms with van der Waals surface area (Å²) < 4.78 is 17.6. The van der Waals surface area contributed by atoms with Crippen molar-refractivity contribution in [1.82, 2.24) is 0 Å². The van der Waals surface area contributed by atoms with Crippen LogP contribution in [0.4, 0.5) is 5.69 Å². The number of rotatable bonds is 6. The molecule has 0 saturated carbocycles. The molecule has 1 N–H and O–H groups in total. The lowest BCUT2D eigenvalue weighted by Gasteiger charge is -2.21. The summed E-state index contributed by atoms with van der Waals surface area (Å²) in [5.41, 5.74) is 1.15. The van der Waals surface area contributed by atoms with Gasteiger partial charge in [0.25, 0.3) is 5.91 Å². The lowest BCUT2D eigenvalue weighted by molar-refractivity contribution is -0.118. The first-order chi connectivity index (χ1) is 14.6. The van der Waals surface area contributed by atoms with E-state index in [1.54, 1.807) is 48.5 Å². The standard InChI is InChI=1S/C23H18BrNO5/c24-16-8-6-15(7-9-16)23(27)18-12-20-21(29-11-10-28-20)13-19(18)25-22(26)14-30-17-4-2-1-3-5-17/h1-9,12-13H,10-11,14H2,(H,25,26). The molecule has 0 bridgehead atoms. The van der Waals surface area contributed by atoms with Crippen molar-refractivity contribution >= 4 is 33.3 Å². The molecule has 1 heterocycles. The van der Waals surface area contributed by atoms with Gasteiger partial charge in [-0.15, -0.1) is 0 Å². The minimum atomic E-state index is -0.389. The minimum Gasteiger partial charge on any atom is -0.486 e. The third-order valence-electron chi connectivity index (χ3n) is 4.42. The monoisotopic (exact) mass is 467 g/mol. The summed E-state index contributed by atoms with van der Waals surface area (Å²) in [5.74, 6) is 0.910. The highest BCUT2D eigenvalue weighted by Gasteiger charge is 2.22. The normalized spacial score (nSPS) is 12.2. The number of anilines is 1. The van der Waals surface area contributed by atoms with E-state index in [0.717, 1.165) is 4.47 Å². The van der Waals surface area contributed by atoms with Crippen molar-refractivity contribution in [2.75, 3.05) is 25.1 Å². The Morgan fingerprint density at radius 2 is 1.60 bits per heavy atom. The van der Waals surface area contributed by atoms with Gasteiger partial charge in [-0.25, -0.2) is 0 Å². The maximum atomic E-state index is 13.1. The maximum absolute atomic E-state index is 13.1. The lowest BCUT2D eigenvalue weighted by atomic mass is 10.0. The highest BCUT2D eigenvalue weighted by molar-refractivity contribution is 9.10. The first-order valence-electron chi connectivity index (χ1n) is 9.32. The van der Waals surface area contributed by atoms with Gasteiger partial charge in [0.15, 0.2) is 23.9 Å². The summed E-state index contributed by atoms with van der Waals surface area (Å²) >= 11 is 3.37. The van der Waals surface area contributed by atoms with Gasteiger partial charge in [-0.1, -0.05) is 34.1 Å². The zero-order valence-electron chi connectivity index (χ0n) is 15.9. The van der Waals surface area contributed by atoms with Gasteiger partial charge in [-0.3, -0.25) is 9.59 Å². The zero-order valence-corrected chi connectivity index (χ0v) is 17.5. The molecular formula is C23H18BrNO5. The number of hydrogen-bond acceptors (Lipinski definition) is 5. The van der Waals surface area contributed by atoms with Crippen LogP contribution in [-0.4, -0.2) is 31.5 Å². The van der Waals surface area contributed by atoms with Crippen LogP contribution >= 0.6 is 15.9 Å². The Hall–Kier alpha value is -3.32. The highest BCUT2D eigenvalue weighted by atomic mass is 79.9. The summed E-state index contributed by atoms with van der Waals surface area (Å²) in [6.45, 7) is 0.609. The van der Waals surface area contributed by atoms with Gasteiger partial charge in [0.2, 0.25) is 0 Å². The lowest BCUT2D eigenvalue weighted by Crippen LogP contribution is -2.23. The number of ether oxygens (including phenoxy) is 3. The van der Waals surface area contributed by atoms with Crippen LogP contribution in [0.15, 0.2) is 71.2 Å². The van der Waals surface area contributed by atoms with Gasteiger partial charge in [0, 0.05) is 16.1 Å². The van der Waals surface area contributed by atoms with Crippen LogP contribution in [-0.2, 0) is 4.79 Å². The Morgan fingerprint density at radius 3 is 2.30 bits per heavy atom. The van der Waals surface area contributed by atoms with Gasteiger partial charge in [0.05, 0.1) is 11.3 Å². The molecule has 0 fully saturated rings. The first kappa shape index (κ1) is 20.0. The first-order valence-corrected chi connectivity index (χ1v) is 10.1. The summed E-state index contributed by atoms with van der Waals surface area (Å²) in [7, 11) is 0. The van der Waals surface area contributed by atoms with Crippen molar-refractivity contribution in [2.45, 2.75) is 0 Å². The number of halogens is 1. The maximum Gasteiger partial charge on any atom is 0.262 e. The molecule has 0 saturated heterocycles. The topological polar surface area (TPSA) is 73.9 Å². The summed E-state index contributed by atoms with van der Waals surface area (Å²) in [5, 5.41) is 2.76. The fourth-order valence-corrected chi connectivity index (χ4v) is 3.25. The van der Waals surface area contributed by atoms with Gasteiger partial charge < -0.3 is 19.5 Å². The predicted octanol–water partition coefficient (Wildman–Crippen LogP) is 4.47. The number of fused-ring (bicyclic) bond motifs is 1. The minimum absolute atomic E-state index is 0.190. The van der Waals surface area contributed by atoms with Gasteiger partial charge in [0.1, 0.15) is 19.0 Å². The summed E-state index contributed by atoms with van der Waals surface area (Å²) in [6.07, 6.45) is 0. The summed E-state index contributed by atoms with van der Waals surface area (Å²) in [4.78, 5) is 25.6. The van der Waals surface area contributed by atoms with E-state index in [1.165, 1.54) is 0 Å².